The third-order valence-electron chi connectivity index (χ3n) is 3.05. The number of hydrogen-bond donors (Lipinski definition) is 1. The van der Waals surface area contributed by atoms with Gasteiger partial charge in [-0.25, -0.2) is 0 Å². The molecule has 0 radical (unpaired) electrons. The zero-order valence-electron chi connectivity index (χ0n) is 11.0. The standard InChI is InChI=1S/C14H12BrF5OS/c15-12-5-3-11(4-6-12)14(21)9-10-1-7-13(8-2-10)22(16,17,18,19)20/h1-8,14,21H,9H2/t14-/m0/s1. The third kappa shape index (κ3) is 4.44. The van der Waals surface area contributed by atoms with Crippen LogP contribution in [0.3, 0.4) is 0 Å². The minimum absolute atomic E-state index is 0.0300. The summed E-state index contributed by atoms with van der Waals surface area (Å²) in [6.45, 7) is 0. The van der Waals surface area contributed by atoms with Crippen LogP contribution in [0.2, 0.25) is 0 Å². The van der Waals surface area contributed by atoms with Crippen LogP contribution in [0.4, 0.5) is 19.4 Å². The predicted octanol–water partition coefficient (Wildman–Crippen LogP) is 6.38. The van der Waals surface area contributed by atoms with Gasteiger partial charge in [0.05, 0.1) is 6.10 Å². The van der Waals surface area contributed by atoms with Crippen molar-refractivity contribution in [3.05, 3.63) is 64.1 Å². The number of aliphatic hydroxyl groups excluding tert-OH is 1. The molecule has 0 amide bonds. The summed E-state index contributed by atoms with van der Waals surface area (Å²) in [6.07, 6.45) is -0.902. The molecule has 0 unspecified atom stereocenters. The number of halogens is 6. The summed E-state index contributed by atoms with van der Waals surface area (Å²) < 4.78 is 63.8. The number of rotatable bonds is 4. The van der Waals surface area contributed by atoms with Gasteiger partial charge in [-0.1, -0.05) is 59.6 Å². The quantitative estimate of drug-likeness (QED) is 0.588. The normalized spacial score (nSPS) is 16.7. The van der Waals surface area contributed by atoms with Crippen LogP contribution in [-0.2, 0) is 6.42 Å². The summed E-state index contributed by atoms with van der Waals surface area (Å²) in [6, 6.07) is 9.38. The average Bonchev–Trinajstić information content (AvgIpc) is 2.37. The monoisotopic (exact) mass is 402 g/mol. The van der Waals surface area contributed by atoms with E-state index in [-0.39, 0.29) is 6.42 Å². The number of benzene rings is 2. The molecule has 0 aliphatic rings. The summed E-state index contributed by atoms with van der Waals surface area (Å²) in [5.41, 5.74) is 0.918. The first-order chi connectivity index (χ1) is 9.85. The Morgan fingerprint density at radius 2 is 1.36 bits per heavy atom. The second-order valence-electron chi connectivity index (χ2n) is 4.88. The Bertz CT molecular complexity index is 667. The van der Waals surface area contributed by atoms with E-state index >= 15 is 0 Å². The average molecular weight is 403 g/mol. The van der Waals surface area contributed by atoms with Gasteiger partial charge in [-0.15, -0.1) is 0 Å². The fraction of sp³-hybridized carbons (Fsp3) is 0.143. The Morgan fingerprint density at radius 3 is 1.82 bits per heavy atom. The van der Waals surface area contributed by atoms with Crippen molar-refractivity contribution in [2.75, 3.05) is 0 Å². The van der Waals surface area contributed by atoms with Gasteiger partial charge in [-0.3, -0.25) is 0 Å². The van der Waals surface area contributed by atoms with Crippen molar-refractivity contribution < 1.29 is 24.5 Å². The van der Waals surface area contributed by atoms with Crippen molar-refractivity contribution in [3.8, 4) is 0 Å². The predicted molar refractivity (Wildman–Crippen MR) is 80.6 cm³/mol. The molecule has 0 fully saturated rings. The lowest BCUT2D eigenvalue weighted by Crippen LogP contribution is -2.06. The molecular formula is C14H12BrF5OS. The summed E-state index contributed by atoms with van der Waals surface area (Å²) >= 11 is 3.24. The minimum Gasteiger partial charge on any atom is -0.388 e. The Kier molecular flexibility index (Phi) is 3.87. The van der Waals surface area contributed by atoms with E-state index < -0.39 is 21.2 Å². The molecular weight excluding hydrogens is 391 g/mol. The first-order valence-corrected chi connectivity index (χ1v) is 8.86. The maximum Gasteiger partial charge on any atom is 0.310 e. The van der Waals surface area contributed by atoms with E-state index in [9.17, 15) is 24.5 Å². The number of hydrogen-bond acceptors (Lipinski definition) is 1. The summed E-state index contributed by atoms with van der Waals surface area (Å²) in [5.74, 6) is 0. The molecule has 0 saturated heterocycles. The van der Waals surface area contributed by atoms with Gasteiger partial charge >= 0.3 is 10.2 Å². The van der Waals surface area contributed by atoms with Gasteiger partial charge in [0, 0.05) is 10.9 Å². The van der Waals surface area contributed by atoms with Crippen LogP contribution < -0.4 is 0 Å². The molecule has 0 bridgehead atoms. The van der Waals surface area contributed by atoms with Crippen LogP contribution >= 0.6 is 26.2 Å². The molecule has 0 aliphatic carbocycles. The molecule has 0 aliphatic heterocycles. The van der Waals surface area contributed by atoms with Crippen LogP contribution in [0.25, 0.3) is 0 Å². The summed E-state index contributed by atoms with van der Waals surface area (Å²) in [7, 11) is -9.64. The van der Waals surface area contributed by atoms with E-state index in [0.717, 1.165) is 16.6 Å². The van der Waals surface area contributed by atoms with Gasteiger partial charge in [0.25, 0.3) is 0 Å². The Morgan fingerprint density at radius 1 is 0.864 bits per heavy atom. The van der Waals surface area contributed by atoms with Gasteiger partial charge in [0.2, 0.25) is 0 Å². The minimum atomic E-state index is -9.64. The van der Waals surface area contributed by atoms with Crippen molar-refractivity contribution in [1.82, 2.24) is 0 Å². The Balaban J connectivity index is 2.17. The molecule has 2 rings (SSSR count). The van der Waals surface area contributed by atoms with Gasteiger partial charge in [-0.05, 0) is 35.4 Å². The van der Waals surface area contributed by atoms with Crippen molar-refractivity contribution in [2.45, 2.75) is 17.4 Å². The van der Waals surface area contributed by atoms with E-state index in [1.54, 1.807) is 24.3 Å². The van der Waals surface area contributed by atoms with E-state index in [0.29, 0.717) is 23.3 Å². The van der Waals surface area contributed by atoms with Crippen molar-refractivity contribution in [3.63, 3.8) is 0 Å². The van der Waals surface area contributed by atoms with Gasteiger partial charge in [-0.2, -0.15) is 0 Å². The van der Waals surface area contributed by atoms with Crippen LogP contribution in [0.1, 0.15) is 17.2 Å². The molecule has 22 heavy (non-hydrogen) atoms. The molecule has 8 heteroatoms. The lowest BCUT2D eigenvalue weighted by molar-refractivity contribution is 0.178. The number of aliphatic hydroxyl groups is 1. The van der Waals surface area contributed by atoms with Crippen molar-refractivity contribution >= 4 is 26.2 Å². The van der Waals surface area contributed by atoms with Crippen LogP contribution in [0.5, 0.6) is 0 Å². The third-order valence-corrected chi connectivity index (χ3v) is 4.74. The van der Waals surface area contributed by atoms with Gasteiger partial charge in [0.15, 0.2) is 0 Å². The molecule has 0 saturated carbocycles. The van der Waals surface area contributed by atoms with E-state index in [1.165, 1.54) is 0 Å². The van der Waals surface area contributed by atoms with Crippen LogP contribution in [-0.4, -0.2) is 5.11 Å². The first kappa shape index (κ1) is 17.2. The highest BCUT2D eigenvalue weighted by molar-refractivity contribution is 9.10. The molecule has 0 heterocycles. The Hall–Kier alpha value is -1.12. The molecule has 2 aromatic carbocycles. The lowest BCUT2D eigenvalue weighted by atomic mass is 10.0. The topological polar surface area (TPSA) is 20.2 Å². The van der Waals surface area contributed by atoms with Crippen LogP contribution in [0.15, 0.2) is 57.9 Å². The zero-order chi connectivity index (χ0) is 16.7. The van der Waals surface area contributed by atoms with Gasteiger partial charge in [0.1, 0.15) is 4.90 Å². The van der Waals surface area contributed by atoms with Crippen molar-refractivity contribution in [1.29, 1.82) is 0 Å². The molecule has 2 aromatic rings. The first-order valence-electron chi connectivity index (χ1n) is 6.12. The van der Waals surface area contributed by atoms with E-state index in [4.69, 9.17) is 0 Å². The molecule has 1 atom stereocenters. The fourth-order valence-corrected chi connectivity index (χ4v) is 2.82. The lowest BCUT2D eigenvalue weighted by Gasteiger charge is -2.40. The van der Waals surface area contributed by atoms with Crippen molar-refractivity contribution in [2.24, 2.45) is 0 Å². The molecule has 1 N–H and O–H groups in total. The SMILES string of the molecule is O[C@@H](Cc1ccc(S(F)(F)(F)(F)F)cc1)c1ccc(Br)cc1. The largest absolute Gasteiger partial charge is 0.388 e. The maximum absolute atomic E-state index is 12.6. The second kappa shape index (κ2) is 4.94. The van der Waals surface area contributed by atoms with Gasteiger partial charge < -0.3 is 5.11 Å². The van der Waals surface area contributed by atoms with Crippen LogP contribution in [0, 0.1) is 0 Å². The smallest absolute Gasteiger partial charge is 0.310 e. The molecule has 1 nitrogen and oxygen atoms in total. The highest BCUT2D eigenvalue weighted by Crippen LogP contribution is 3.02. The fourth-order valence-electron chi connectivity index (χ4n) is 1.91. The molecule has 0 aromatic heterocycles. The zero-order valence-corrected chi connectivity index (χ0v) is 13.4. The summed E-state index contributed by atoms with van der Waals surface area (Å²) in [4.78, 5) is -1.93. The molecule has 0 spiro atoms. The highest BCUT2D eigenvalue weighted by atomic mass is 79.9. The maximum atomic E-state index is 12.6. The Labute approximate surface area is 132 Å². The second-order valence-corrected chi connectivity index (χ2v) is 8.21. The molecule has 122 valence electrons. The van der Waals surface area contributed by atoms with E-state index in [2.05, 4.69) is 15.9 Å². The summed E-state index contributed by atoms with van der Waals surface area (Å²) in [5, 5.41) is 10.0. The van der Waals surface area contributed by atoms with E-state index in [1.807, 2.05) is 0 Å². The highest BCUT2D eigenvalue weighted by Gasteiger charge is 2.65.